The monoisotopic (exact) mass is 402 g/mol. The number of nitrogens with two attached hydrogens (primary N) is 1. The van der Waals surface area contributed by atoms with Crippen molar-refractivity contribution in [3.05, 3.63) is 59.4 Å². The maximum Gasteiger partial charge on any atom is 0.341 e. The second-order valence-corrected chi connectivity index (χ2v) is 6.91. The number of amides is 1. The van der Waals surface area contributed by atoms with Gasteiger partial charge in [0.05, 0.1) is 16.1 Å². The van der Waals surface area contributed by atoms with Gasteiger partial charge < -0.3 is 10.1 Å². The third-order valence-corrected chi connectivity index (χ3v) is 4.24. The van der Waals surface area contributed by atoms with Gasteiger partial charge in [0.2, 0.25) is 10.0 Å². The van der Waals surface area contributed by atoms with Gasteiger partial charge in [-0.2, -0.15) is 0 Å². The van der Waals surface area contributed by atoms with E-state index in [2.05, 4.69) is 5.32 Å². The molecule has 3 N–H and O–H groups in total. The number of carbonyl (C=O) groups excluding carboxylic acids is 2. The van der Waals surface area contributed by atoms with E-state index in [1.165, 1.54) is 0 Å². The van der Waals surface area contributed by atoms with Crippen LogP contribution in [0, 0.1) is 17.5 Å². The highest BCUT2D eigenvalue weighted by molar-refractivity contribution is 7.89. The van der Waals surface area contributed by atoms with Crippen LogP contribution in [0.5, 0.6) is 0 Å². The first-order valence-electron chi connectivity index (χ1n) is 7.28. The maximum atomic E-state index is 13.8. The fraction of sp³-hybridized carbons (Fsp3) is 0.125. The second-order valence-electron chi connectivity index (χ2n) is 5.35. The van der Waals surface area contributed by atoms with Crippen LogP contribution in [0.4, 0.5) is 18.9 Å². The standard InChI is InChI=1S/C16H13F3N2O5S/c1-8(15(22)21-14-5-2-9(17)6-13(14)19)26-16(23)11-7-10(27(20,24)25)3-4-12(11)18/h2-8H,1H3,(H,21,22)(H2,20,24,25)/t8-/m1/s1. The van der Waals surface area contributed by atoms with Crippen LogP contribution >= 0.6 is 0 Å². The first-order chi connectivity index (χ1) is 12.5. The van der Waals surface area contributed by atoms with Gasteiger partial charge in [0.15, 0.2) is 6.10 Å². The van der Waals surface area contributed by atoms with Crippen LogP contribution in [0.25, 0.3) is 0 Å². The molecule has 0 bridgehead atoms. The van der Waals surface area contributed by atoms with Gasteiger partial charge in [-0.05, 0) is 37.3 Å². The van der Waals surface area contributed by atoms with Gasteiger partial charge in [-0.1, -0.05) is 0 Å². The number of halogens is 3. The van der Waals surface area contributed by atoms with E-state index in [-0.39, 0.29) is 5.69 Å². The predicted molar refractivity (Wildman–Crippen MR) is 87.6 cm³/mol. The van der Waals surface area contributed by atoms with Crippen molar-refractivity contribution in [1.29, 1.82) is 0 Å². The van der Waals surface area contributed by atoms with Crippen molar-refractivity contribution in [3.8, 4) is 0 Å². The molecule has 0 spiro atoms. The smallest absolute Gasteiger partial charge is 0.341 e. The number of rotatable bonds is 5. The number of hydrogen-bond acceptors (Lipinski definition) is 5. The lowest BCUT2D eigenvalue weighted by atomic mass is 10.2. The van der Waals surface area contributed by atoms with Gasteiger partial charge in [0, 0.05) is 6.07 Å². The Bertz CT molecular complexity index is 1010. The number of hydrogen-bond donors (Lipinski definition) is 2. The molecule has 0 fully saturated rings. The average molecular weight is 402 g/mol. The zero-order valence-electron chi connectivity index (χ0n) is 13.7. The normalized spacial score (nSPS) is 12.3. The molecule has 0 aliphatic rings. The molecule has 1 atom stereocenters. The number of ether oxygens (including phenoxy) is 1. The summed E-state index contributed by atoms with van der Waals surface area (Å²) in [6.45, 7) is 1.12. The van der Waals surface area contributed by atoms with Crippen molar-refractivity contribution in [3.63, 3.8) is 0 Å². The number of carbonyl (C=O) groups is 2. The number of sulfonamides is 1. The summed E-state index contributed by atoms with van der Waals surface area (Å²) in [5.74, 6) is -5.30. The van der Waals surface area contributed by atoms with E-state index in [9.17, 15) is 31.2 Å². The highest BCUT2D eigenvalue weighted by Gasteiger charge is 2.23. The molecule has 0 aliphatic carbocycles. The zero-order chi connectivity index (χ0) is 20.4. The molecule has 1 amide bonds. The van der Waals surface area contributed by atoms with Crippen molar-refractivity contribution in [2.24, 2.45) is 5.14 Å². The van der Waals surface area contributed by atoms with Crippen molar-refractivity contribution < 1.29 is 35.9 Å². The van der Waals surface area contributed by atoms with Crippen LogP contribution in [-0.4, -0.2) is 26.4 Å². The van der Waals surface area contributed by atoms with Crippen molar-refractivity contribution in [1.82, 2.24) is 0 Å². The molecule has 0 aliphatic heterocycles. The van der Waals surface area contributed by atoms with E-state index in [4.69, 9.17) is 9.88 Å². The second kappa shape index (κ2) is 7.76. The van der Waals surface area contributed by atoms with Crippen molar-refractivity contribution in [2.75, 3.05) is 5.32 Å². The Labute approximate surface area is 152 Å². The molecule has 2 rings (SSSR count). The lowest BCUT2D eigenvalue weighted by Gasteiger charge is -2.14. The molecule has 11 heteroatoms. The summed E-state index contributed by atoms with van der Waals surface area (Å²) in [5.41, 5.74) is -1.11. The Morgan fingerprint density at radius 2 is 1.74 bits per heavy atom. The molecular formula is C16H13F3N2O5S. The third-order valence-electron chi connectivity index (χ3n) is 3.33. The number of nitrogens with one attached hydrogen (secondary N) is 1. The fourth-order valence-corrected chi connectivity index (χ4v) is 2.48. The van der Waals surface area contributed by atoms with Crippen LogP contribution in [0.3, 0.4) is 0 Å². The van der Waals surface area contributed by atoms with E-state index in [0.29, 0.717) is 18.2 Å². The quantitative estimate of drug-likeness (QED) is 0.742. The Morgan fingerprint density at radius 3 is 2.33 bits per heavy atom. The minimum Gasteiger partial charge on any atom is -0.449 e. The minimum absolute atomic E-state index is 0.355. The molecule has 144 valence electrons. The molecule has 0 unspecified atom stereocenters. The van der Waals surface area contributed by atoms with Crippen LogP contribution in [0.2, 0.25) is 0 Å². The highest BCUT2D eigenvalue weighted by atomic mass is 32.2. The Hall–Kier alpha value is -2.92. The number of benzene rings is 2. The van der Waals surface area contributed by atoms with Gasteiger partial charge >= 0.3 is 5.97 Å². The minimum atomic E-state index is -4.20. The van der Waals surface area contributed by atoms with Crippen molar-refractivity contribution in [2.45, 2.75) is 17.9 Å². The third kappa shape index (κ3) is 5.05. The van der Waals surface area contributed by atoms with E-state index in [1.807, 2.05) is 0 Å². The van der Waals surface area contributed by atoms with Gasteiger partial charge in [0.1, 0.15) is 17.5 Å². The molecule has 2 aromatic carbocycles. The molecule has 0 saturated heterocycles. The SMILES string of the molecule is C[C@@H](OC(=O)c1cc(S(N)(=O)=O)ccc1F)C(=O)Nc1ccc(F)cc1F. The molecule has 0 aromatic heterocycles. The van der Waals surface area contributed by atoms with E-state index >= 15 is 0 Å². The van der Waals surface area contributed by atoms with Crippen molar-refractivity contribution >= 4 is 27.6 Å². The topological polar surface area (TPSA) is 116 Å². The number of esters is 1. The Kier molecular flexibility index (Phi) is 5.86. The highest BCUT2D eigenvalue weighted by Crippen LogP contribution is 2.18. The number of anilines is 1. The molecule has 7 nitrogen and oxygen atoms in total. The summed E-state index contributed by atoms with van der Waals surface area (Å²) in [6.07, 6.45) is -1.50. The molecular weight excluding hydrogens is 389 g/mol. The molecule has 2 aromatic rings. The summed E-state index contributed by atoms with van der Waals surface area (Å²) in [6, 6.07) is 4.64. The summed E-state index contributed by atoms with van der Waals surface area (Å²) in [5, 5.41) is 6.98. The molecule has 27 heavy (non-hydrogen) atoms. The van der Waals surface area contributed by atoms with Crippen LogP contribution in [-0.2, 0) is 19.6 Å². The zero-order valence-corrected chi connectivity index (χ0v) is 14.5. The summed E-state index contributed by atoms with van der Waals surface area (Å²) >= 11 is 0. The van der Waals surface area contributed by atoms with Gasteiger partial charge in [0.25, 0.3) is 5.91 Å². The molecule has 0 saturated carbocycles. The molecule has 0 heterocycles. The lowest BCUT2D eigenvalue weighted by molar-refractivity contribution is -0.123. The Morgan fingerprint density at radius 1 is 1.07 bits per heavy atom. The predicted octanol–water partition coefficient (Wildman–Crippen LogP) is 1.94. The first-order valence-corrected chi connectivity index (χ1v) is 8.83. The maximum absolute atomic E-state index is 13.8. The first kappa shape index (κ1) is 20.4. The molecule has 0 radical (unpaired) electrons. The van der Waals surface area contributed by atoms with E-state index < -0.39 is 55.9 Å². The van der Waals surface area contributed by atoms with Crippen LogP contribution in [0.15, 0.2) is 41.3 Å². The van der Waals surface area contributed by atoms with Gasteiger partial charge in [-0.25, -0.2) is 31.5 Å². The van der Waals surface area contributed by atoms with Crippen LogP contribution in [0.1, 0.15) is 17.3 Å². The Balaban J connectivity index is 2.14. The summed E-state index contributed by atoms with van der Waals surface area (Å²) in [4.78, 5) is 23.5. The number of primary sulfonamides is 1. The van der Waals surface area contributed by atoms with E-state index in [1.54, 1.807) is 0 Å². The largest absolute Gasteiger partial charge is 0.449 e. The van der Waals surface area contributed by atoms with Crippen LogP contribution < -0.4 is 10.5 Å². The van der Waals surface area contributed by atoms with Gasteiger partial charge in [-0.3, -0.25) is 4.79 Å². The lowest BCUT2D eigenvalue weighted by Crippen LogP contribution is -2.30. The fourth-order valence-electron chi connectivity index (χ4n) is 1.94. The summed E-state index contributed by atoms with van der Waals surface area (Å²) in [7, 11) is -4.20. The van der Waals surface area contributed by atoms with Gasteiger partial charge in [-0.15, -0.1) is 0 Å². The average Bonchev–Trinajstić information content (AvgIpc) is 2.56. The van der Waals surface area contributed by atoms with E-state index in [0.717, 1.165) is 25.1 Å². The summed E-state index contributed by atoms with van der Waals surface area (Å²) < 4.78 is 67.5.